The van der Waals surface area contributed by atoms with Gasteiger partial charge in [0, 0.05) is 5.69 Å². The predicted molar refractivity (Wildman–Crippen MR) is 63.0 cm³/mol. The highest BCUT2D eigenvalue weighted by molar-refractivity contribution is 5.90. The van der Waals surface area contributed by atoms with E-state index in [2.05, 4.69) is 0 Å². The average molecular weight is 255 g/mol. The highest BCUT2D eigenvalue weighted by Gasteiger charge is 2.22. The number of benzene rings is 1. The smallest absolute Gasteiger partial charge is 0.344 e. The molecule has 3 nitrogen and oxygen atoms in total. The predicted octanol–water partition coefficient (Wildman–Crippen LogP) is 2.89. The van der Waals surface area contributed by atoms with E-state index < -0.39 is 23.2 Å². The van der Waals surface area contributed by atoms with Crippen LogP contribution in [0.4, 0.5) is 14.5 Å². The molecular formula is C13H15F2NO2. The van der Waals surface area contributed by atoms with Crippen LogP contribution in [-0.4, -0.2) is 12.6 Å². The van der Waals surface area contributed by atoms with E-state index in [1.54, 1.807) is 0 Å². The molecule has 0 bridgehead atoms. The van der Waals surface area contributed by atoms with Gasteiger partial charge in [-0.2, -0.15) is 0 Å². The van der Waals surface area contributed by atoms with Crippen LogP contribution < -0.4 is 5.73 Å². The second-order valence-electron chi connectivity index (χ2n) is 4.61. The number of halogens is 2. The summed E-state index contributed by atoms with van der Waals surface area (Å²) >= 11 is 0. The molecule has 0 aromatic heterocycles. The number of rotatable bonds is 3. The summed E-state index contributed by atoms with van der Waals surface area (Å²) in [5.74, 6) is -2.61. The minimum absolute atomic E-state index is 0.0580. The molecule has 0 radical (unpaired) electrons. The number of ether oxygens (including phenoxy) is 1. The summed E-state index contributed by atoms with van der Waals surface area (Å²) in [6.07, 6.45) is 4.24. The second-order valence-corrected chi connectivity index (χ2v) is 4.61. The van der Waals surface area contributed by atoms with Crippen LogP contribution in [0.3, 0.4) is 0 Å². The molecule has 0 amide bonds. The van der Waals surface area contributed by atoms with Crippen molar-refractivity contribution < 1.29 is 18.3 Å². The van der Waals surface area contributed by atoms with Gasteiger partial charge in [-0.15, -0.1) is 0 Å². The molecule has 2 rings (SSSR count). The molecule has 0 spiro atoms. The Morgan fingerprint density at radius 2 is 1.83 bits per heavy atom. The molecule has 2 N–H and O–H groups in total. The Bertz CT molecular complexity index is 433. The quantitative estimate of drug-likeness (QED) is 0.667. The van der Waals surface area contributed by atoms with Gasteiger partial charge >= 0.3 is 5.97 Å². The number of nitrogen functional groups attached to an aromatic ring is 1. The molecule has 1 aliphatic rings. The lowest BCUT2D eigenvalue weighted by molar-refractivity contribution is 0.0431. The van der Waals surface area contributed by atoms with Crippen LogP contribution in [0.1, 0.15) is 36.0 Å². The number of hydrogen-bond acceptors (Lipinski definition) is 3. The molecule has 1 aromatic rings. The first-order valence-electron chi connectivity index (χ1n) is 5.99. The van der Waals surface area contributed by atoms with Gasteiger partial charge in [-0.25, -0.2) is 13.6 Å². The highest BCUT2D eigenvalue weighted by atomic mass is 19.1. The van der Waals surface area contributed by atoms with Gasteiger partial charge in [-0.1, -0.05) is 12.8 Å². The molecule has 0 atom stereocenters. The molecule has 0 heterocycles. The summed E-state index contributed by atoms with van der Waals surface area (Å²) in [7, 11) is 0. The Morgan fingerprint density at radius 1 is 1.28 bits per heavy atom. The lowest BCUT2D eigenvalue weighted by Gasteiger charge is -2.11. The fourth-order valence-electron chi connectivity index (χ4n) is 2.23. The number of anilines is 1. The molecule has 0 saturated heterocycles. The van der Waals surface area contributed by atoms with Gasteiger partial charge in [0.05, 0.1) is 6.61 Å². The maximum absolute atomic E-state index is 13.4. The number of carbonyl (C=O) groups is 1. The lowest BCUT2D eigenvalue weighted by atomic mass is 10.1. The van der Waals surface area contributed by atoms with Crippen molar-refractivity contribution in [2.45, 2.75) is 25.7 Å². The Kier molecular flexibility index (Phi) is 3.79. The van der Waals surface area contributed by atoms with Crippen LogP contribution in [0.15, 0.2) is 12.1 Å². The zero-order chi connectivity index (χ0) is 13.1. The largest absolute Gasteiger partial charge is 0.462 e. The minimum Gasteiger partial charge on any atom is -0.462 e. The molecule has 5 heteroatoms. The molecule has 1 fully saturated rings. The highest BCUT2D eigenvalue weighted by Crippen LogP contribution is 2.25. The van der Waals surface area contributed by atoms with E-state index in [-0.39, 0.29) is 12.3 Å². The van der Waals surface area contributed by atoms with E-state index in [0.717, 1.165) is 37.8 Å². The number of esters is 1. The summed E-state index contributed by atoms with van der Waals surface area (Å²) in [6.45, 7) is 0.224. The van der Waals surface area contributed by atoms with Gasteiger partial charge in [0.1, 0.15) is 17.2 Å². The first-order chi connectivity index (χ1) is 8.58. The third-order valence-corrected chi connectivity index (χ3v) is 3.19. The van der Waals surface area contributed by atoms with E-state index in [1.165, 1.54) is 0 Å². The van der Waals surface area contributed by atoms with Crippen LogP contribution in [0.25, 0.3) is 0 Å². The fourth-order valence-corrected chi connectivity index (χ4v) is 2.23. The average Bonchev–Trinajstić information content (AvgIpc) is 2.77. The third kappa shape index (κ3) is 2.78. The van der Waals surface area contributed by atoms with E-state index in [4.69, 9.17) is 10.5 Å². The molecular weight excluding hydrogens is 240 g/mol. The molecule has 0 aliphatic heterocycles. The zero-order valence-electron chi connectivity index (χ0n) is 9.92. The van der Waals surface area contributed by atoms with Crippen LogP contribution in [0, 0.1) is 17.6 Å². The first kappa shape index (κ1) is 12.8. The van der Waals surface area contributed by atoms with E-state index >= 15 is 0 Å². The molecule has 1 aliphatic carbocycles. The van der Waals surface area contributed by atoms with Gasteiger partial charge in [0.25, 0.3) is 0 Å². The maximum Gasteiger partial charge on any atom is 0.344 e. The van der Waals surface area contributed by atoms with Gasteiger partial charge in [0.15, 0.2) is 0 Å². The van der Waals surface area contributed by atoms with Crippen molar-refractivity contribution in [2.24, 2.45) is 5.92 Å². The van der Waals surface area contributed by atoms with Crippen molar-refractivity contribution in [2.75, 3.05) is 12.3 Å². The molecule has 0 unspecified atom stereocenters. The first-order valence-corrected chi connectivity index (χ1v) is 5.99. The van der Waals surface area contributed by atoms with Crippen molar-refractivity contribution in [3.05, 3.63) is 29.3 Å². The van der Waals surface area contributed by atoms with E-state index in [9.17, 15) is 13.6 Å². The van der Waals surface area contributed by atoms with Crippen molar-refractivity contribution in [3.63, 3.8) is 0 Å². The maximum atomic E-state index is 13.4. The van der Waals surface area contributed by atoms with Crippen LogP contribution in [-0.2, 0) is 4.74 Å². The summed E-state index contributed by atoms with van der Waals surface area (Å²) in [4.78, 5) is 11.6. The summed E-state index contributed by atoms with van der Waals surface area (Å²) < 4.78 is 31.8. The van der Waals surface area contributed by atoms with Crippen molar-refractivity contribution >= 4 is 11.7 Å². The monoisotopic (exact) mass is 255 g/mol. The lowest BCUT2D eigenvalue weighted by Crippen LogP contribution is -2.15. The fraction of sp³-hybridized carbons (Fsp3) is 0.462. The summed E-state index contributed by atoms with van der Waals surface area (Å²) in [6, 6.07) is 1.82. The van der Waals surface area contributed by atoms with E-state index in [0.29, 0.717) is 5.92 Å². The Balaban J connectivity index is 2.04. The minimum atomic E-state index is -0.982. The van der Waals surface area contributed by atoms with Crippen LogP contribution >= 0.6 is 0 Å². The number of nitrogens with two attached hydrogens (primary N) is 1. The Labute approximate surface area is 104 Å². The van der Waals surface area contributed by atoms with Crippen molar-refractivity contribution in [1.82, 2.24) is 0 Å². The molecule has 98 valence electrons. The third-order valence-electron chi connectivity index (χ3n) is 3.19. The van der Waals surface area contributed by atoms with Crippen molar-refractivity contribution in [3.8, 4) is 0 Å². The topological polar surface area (TPSA) is 52.3 Å². The number of carbonyl (C=O) groups excluding carboxylic acids is 1. The summed E-state index contributed by atoms with van der Waals surface area (Å²) in [5.41, 5.74) is 4.55. The van der Waals surface area contributed by atoms with Crippen molar-refractivity contribution in [1.29, 1.82) is 0 Å². The van der Waals surface area contributed by atoms with E-state index in [1.807, 2.05) is 0 Å². The second kappa shape index (κ2) is 5.33. The Hall–Kier alpha value is -1.65. The summed E-state index contributed by atoms with van der Waals surface area (Å²) in [5, 5.41) is 0. The van der Waals surface area contributed by atoms with Gasteiger partial charge in [-0.05, 0) is 30.9 Å². The molecule has 18 heavy (non-hydrogen) atoms. The van der Waals surface area contributed by atoms with Crippen LogP contribution in [0.2, 0.25) is 0 Å². The van der Waals surface area contributed by atoms with Gasteiger partial charge < -0.3 is 10.5 Å². The van der Waals surface area contributed by atoms with Crippen LogP contribution in [0.5, 0.6) is 0 Å². The zero-order valence-corrected chi connectivity index (χ0v) is 9.92. The van der Waals surface area contributed by atoms with Gasteiger partial charge in [-0.3, -0.25) is 0 Å². The standard InChI is InChI=1S/C13H15F2NO2/c14-10-5-9(16)6-11(15)12(10)13(17)18-7-8-3-1-2-4-8/h5-6,8H,1-4,7,16H2. The molecule has 1 aromatic carbocycles. The number of hydrogen-bond donors (Lipinski definition) is 1. The van der Waals surface area contributed by atoms with Gasteiger partial charge in [0.2, 0.25) is 0 Å². The normalized spacial score (nSPS) is 15.9. The Morgan fingerprint density at radius 3 is 2.39 bits per heavy atom. The SMILES string of the molecule is Nc1cc(F)c(C(=O)OCC2CCCC2)c(F)c1. The molecule has 1 saturated carbocycles.